The Morgan fingerprint density at radius 2 is 2.00 bits per heavy atom. The van der Waals surface area contributed by atoms with E-state index in [-0.39, 0.29) is 0 Å². The van der Waals surface area contributed by atoms with Crippen molar-refractivity contribution in [1.82, 2.24) is 5.32 Å². The fourth-order valence-electron chi connectivity index (χ4n) is 2.97. The van der Waals surface area contributed by atoms with Gasteiger partial charge in [-0.25, -0.2) is 0 Å². The third kappa shape index (κ3) is 3.55. The molecule has 1 heterocycles. The maximum Gasteiger partial charge on any atom is 0.118 e. The summed E-state index contributed by atoms with van der Waals surface area (Å²) in [6.07, 6.45) is 9.02. The first-order valence-electron chi connectivity index (χ1n) is 7.05. The summed E-state index contributed by atoms with van der Waals surface area (Å²) < 4.78 is 5.77. The van der Waals surface area contributed by atoms with Crippen LogP contribution in [-0.2, 0) is 12.3 Å². The van der Waals surface area contributed by atoms with Crippen LogP contribution in [0.1, 0.15) is 50.5 Å². The van der Waals surface area contributed by atoms with Crippen LogP contribution in [0.4, 0.5) is 0 Å². The molecule has 0 aromatic carbocycles. The molecule has 0 aliphatic heterocycles. The zero-order chi connectivity index (χ0) is 12.8. The second-order valence-electron chi connectivity index (χ2n) is 5.47. The molecule has 1 N–H and O–H groups in total. The van der Waals surface area contributed by atoms with E-state index in [0.717, 1.165) is 30.4 Å². The number of hydrogen-bond acceptors (Lipinski definition) is 3. The summed E-state index contributed by atoms with van der Waals surface area (Å²) in [5.41, 5.74) is 0.564. The lowest BCUT2D eigenvalue weighted by Crippen LogP contribution is -2.31. The van der Waals surface area contributed by atoms with E-state index in [4.69, 9.17) is 4.42 Å². The zero-order valence-corrected chi connectivity index (χ0v) is 12.4. The highest BCUT2D eigenvalue weighted by atomic mass is 32.2. The molecular formula is C15H25NOS. The molecule has 1 aromatic rings. The Hall–Kier alpha value is -0.410. The summed E-state index contributed by atoms with van der Waals surface area (Å²) in [6, 6.07) is 4.20. The Labute approximate surface area is 115 Å². The minimum absolute atomic E-state index is 0.564. The summed E-state index contributed by atoms with van der Waals surface area (Å²) in [4.78, 5) is 0. The maximum absolute atomic E-state index is 5.77. The molecule has 0 radical (unpaired) electrons. The van der Waals surface area contributed by atoms with Gasteiger partial charge in [0.05, 0.1) is 12.3 Å². The quantitative estimate of drug-likeness (QED) is 0.801. The second-order valence-corrected chi connectivity index (χ2v) is 6.33. The summed E-state index contributed by atoms with van der Waals surface area (Å²) in [7, 11) is 0. The van der Waals surface area contributed by atoms with Gasteiger partial charge in [-0.2, -0.15) is 11.8 Å². The molecule has 0 bridgehead atoms. The number of nitrogens with one attached hydrogen (secondary N) is 1. The van der Waals surface area contributed by atoms with Crippen molar-refractivity contribution >= 4 is 11.8 Å². The van der Waals surface area contributed by atoms with Crippen LogP contribution in [-0.4, -0.2) is 12.8 Å². The molecule has 102 valence electrons. The van der Waals surface area contributed by atoms with Gasteiger partial charge in [0.25, 0.3) is 0 Å². The number of furan rings is 1. The largest absolute Gasteiger partial charge is 0.464 e. The highest BCUT2D eigenvalue weighted by molar-refractivity contribution is 7.97. The molecule has 0 spiro atoms. The summed E-state index contributed by atoms with van der Waals surface area (Å²) in [6.45, 7) is 4.34. The van der Waals surface area contributed by atoms with Gasteiger partial charge in [0.15, 0.2) is 0 Å². The van der Waals surface area contributed by atoms with Gasteiger partial charge in [0, 0.05) is 6.54 Å². The van der Waals surface area contributed by atoms with Crippen LogP contribution in [0.25, 0.3) is 0 Å². The average Bonchev–Trinajstić information content (AvgIpc) is 3.00. The molecule has 2 rings (SSSR count). The van der Waals surface area contributed by atoms with E-state index in [9.17, 15) is 0 Å². The van der Waals surface area contributed by atoms with E-state index in [0.29, 0.717) is 5.41 Å². The first-order chi connectivity index (χ1) is 8.78. The molecular weight excluding hydrogens is 242 g/mol. The van der Waals surface area contributed by atoms with Gasteiger partial charge in [-0.3, -0.25) is 0 Å². The molecule has 1 aromatic heterocycles. The van der Waals surface area contributed by atoms with Crippen molar-refractivity contribution in [2.75, 3.05) is 12.8 Å². The fourth-order valence-corrected chi connectivity index (χ4v) is 3.41. The van der Waals surface area contributed by atoms with Crippen LogP contribution in [0.2, 0.25) is 0 Å². The van der Waals surface area contributed by atoms with E-state index in [1.165, 1.54) is 32.1 Å². The van der Waals surface area contributed by atoms with Crippen LogP contribution < -0.4 is 5.32 Å². The van der Waals surface area contributed by atoms with Gasteiger partial charge in [-0.1, -0.05) is 19.8 Å². The molecule has 2 nitrogen and oxygen atoms in total. The molecule has 1 aliphatic rings. The Balaban J connectivity index is 1.76. The van der Waals surface area contributed by atoms with Gasteiger partial charge < -0.3 is 9.73 Å². The highest BCUT2D eigenvalue weighted by Crippen LogP contribution is 2.40. The van der Waals surface area contributed by atoms with Gasteiger partial charge in [0.2, 0.25) is 0 Å². The van der Waals surface area contributed by atoms with Crippen molar-refractivity contribution in [2.24, 2.45) is 5.41 Å². The predicted octanol–water partition coefficient (Wildman–Crippen LogP) is 4.20. The topological polar surface area (TPSA) is 25.2 Å². The van der Waals surface area contributed by atoms with Gasteiger partial charge in [0.1, 0.15) is 11.5 Å². The third-order valence-electron chi connectivity index (χ3n) is 4.22. The molecule has 0 unspecified atom stereocenters. The van der Waals surface area contributed by atoms with Crippen LogP contribution in [0, 0.1) is 5.41 Å². The van der Waals surface area contributed by atoms with Gasteiger partial charge in [-0.05, 0) is 43.1 Å². The Bertz CT molecular complexity index is 355. The van der Waals surface area contributed by atoms with Crippen molar-refractivity contribution in [2.45, 2.75) is 51.3 Å². The Kier molecular flexibility index (Phi) is 5.19. The van der Waals surface area contributed by atoms with Crippen molar-refractivity contribution in [1.29, 1.82) is 0 Å². The van der Waals surface area contributed by atoms with Crippen molar-refractivity contribution in [3.8, 4) is 0 Å². The summed E-state index contributed by atoms with van der Waals surface area (Å²) >= 11 is 1.80. The maximum atomic E-state index is 5.77. The van der Waals surface area contributed by atoms with Crippen LogP contribution in [0.3, 0.4) is 0 Å². The van der Waals surface area contributed by atoms with Crippen molar-refractivity contribution < 1.29 is 4.42 Å². The first-order valence-corrected chi connectivity index (χ1v) is 8.45. The Morgan fingerprint density at radius 1 is 1.28 bits per heavy atom. The fraction of sp³-hybridized carbons (Fsp3) is 0.733. The monoisotopic (exact) mass is 267 g/mol. The molecule has 1 saturated carbocycles. The zero-order valence-electron chi connectivity index (χ0n) is 11.6. The van der Waals surface area contributed by atoms with E-state index in [1.807, 2.05) is 0 Å². The predicted molar refractivity (Wildman–Crippen MR) is 78.8 cm³/mol. The van der Waals surface area contributed by atoms with E-state index < -0.39 is 0 Å². The third-order valence-corrected chi connectivity index (χ3v) is 4.79. The van der Waals surface area contributed by atoms with Crippen LogP contribution in [0.15, 0.2) is 16.5 Å². The Morgan fingerprint density at radius 3 is 2.67 bits per heavy atom. The first kappa shape index (κ1) is 14.0. The molecule has 1 fully saturated rings. The lowest BCUT2D eigenvalue weighted by atomic mass is 9.83. The molecule has 18 heavy (non-hydrogen) atoms. The van der Waals surface area contributed by atoms with E-state index in [2.05, 4.69) is 30.6 Å². The summed E-state index contributed by atoms with van der Waals surface area (Å²) in [5.74, 6) is 3.13. The standard InChI is InChI=1S/C15H25NOS/c1-3-15(8-4-5-9-15)12-16-10-13-6-7-14(17-13)11-18-2/h6-7,16H,3-5,8-12H2,1-2H3. The normalized spacial score (nSPS) is 18.3. The van der Waals surface area contributed by atoms with Crippen molar-refractivity contribution in [3.05, 3.63) is 23.7 Å². The molecule has 0 saturated heterocycles. The minimum Gasteiger partial charge on any atom is -0.464 e. The lowest BCUT2D eigenvalue weighted by Gasteiger charge is -2.27. The van der Waals surface area contributed by atoms with Crippen LogP contribution in [0.5, 0.6) is 0 Å². The van der Waals surface area contributed by atoms with Gasteiger partial charge >= 0.3 is 0 Å². The molecule has 0 amide bonds. The van der Waals surface area contributed by atoms with E-state index in [1.54, 1.807) is 11.8 Å². The lowest BCUT2D eigenvalue weighted by molar-refractivity contribution is 0.264. The molecule has 0 atom stereocenters. The number of hydrogen-bond donors (Lipinski definition) is 1. The number of rotatable bonds is 7. The molecule has 3 heteroatoms. The SMILES string of the molecule is CCC1(CNCc2ccc(CSC)o2)CCCC1. The van der Waals surface area contributed by atoms with Crippen LogP contribution >= 0.6 is 11.8 Å². The highest BCUT2D eigenvalue weighted by Gasteiger charge is 2.31. The van der Waals surface area contributed by atoms with Crippen molar-refractivity contribution in [3.63, 3.8) is 0 Å². The van der Waals surface area contributed by atoms with Gasteiger partial charge in [-0.15, -0.1) is 0 Å². The second kappa shape index (κ2) is 6.67. The minimum atomic E-state index is 0.564. The smallest absolute Gasteiger partial charge is 0.118 e. The number of thioether (sulfide) groups is 1. The average molecular weight is 267 g/mol. The summed E-state index contributed by atoms with van der Waals surface area (Å²) in [5, 5.41) is 3.59. The van der Waals surface area contributed by atoms with E-state index >= 15 is 0 Å². The molecule has 1 aliphatic carbocycles.